The van der Waals surface area contributed by atoms with E-state index >= 15 is 0 Å². The first kappa shape index (κ1) is 25.0. The first-order valence-corrected chi connectivity index (χ1v) is 12.2. The SMILES string of the molecule is CCNc1ccccc1C(=O)Nc1cccc(S(=O)Nc2ccc(NC(=O)C(C)(C)C)cc2)c1. The molecule has 0 bridgehead atoms. The average molecular weight is 479 g/mol. The highest BCUT2D eigenvalue weighted by molar-refractivity contribution is 7.86. The lowest BCUT2D eigenvalue weighted by atomic mass is 9.95. The minimum atomic E-state index is -1.54. The van der Waals surface area contributed by atoms with E-state index in [0.717, 1.165) is 5.69 Å². The molecule has 178 valence electrons. The Balaban J connectivity index is 1.66. The van der Waals surface area contributed by atoms with E-state index in [1.807, 2.05) is 45.9 Å². The summed E-state index contributed by atoms with van der Waals surface area (Å²) in [5, 5.41) is 8.91. The van der Waals surface area contributed by atoms with Crippen LogP contribution in [0.25, 0.3) is 0 Å². The van der Waals surface area contributed by atoms with Crippen molar-refractivity contribution in [1.82, 2.24) is 0 Å². The van der Waals surface area contributed by atoms with Crippen LogP contribution in [0.4, 0.5) is 22.7 Å². The van der Waals surface area contributed by atoms with Crippen molar-refractivity contribution in [2.45, 2.75) is 32.6 Å². The van der Waals surface area contributed by atoms with Crippen LogP contribution in [0.15, 0.2) is 77.7 Å². The van der Waals surface area contributed by atoms with Crippen LogP contribution in [0.1, 0.15) is 38.1 Å². The molecule has 0 aromatic heterocycles. The van der Waals surface area contributed by atoms with Gasteiger partial charge in [-0.15, -0.1) is 0 Å². The summed E-state index contributed by atoms with van der Waals surface area (Å²) in [7, 11) is -1.54. The third-order valence-corrected chi connectivity index (χ3v) is 5.98. The number of anilines is 4. The van der Waals surface area contributed by atoms with E-state index in [-0.39, 0.29) is 11.8 Å². The van der Waals surface area contributed by atoms with Crippen LogP contribution in [0.3, 0.4) is 0 Å². The lowest BCUT2D eigenvalue weighted by molar-refractivity contribution is -0.123. The van der Waals surface area contributed by atoms with Crippen molar-refractivity contribution in [3.8, 4) is 0 Å². The maximum Gasteiger partial charge on any atom is 0.257 e. The van der Waals surface area contributed by atoms with E-state index in [2.05, 4.69) is 20.7 Å². The molecule has 3 aromatic carbocycles. The van der Waals surface area contributed by atoms with Gasteiger partial charge in [-0.05, 0) is 61.5 Å². The molecular weight excluding hydrogens is 448 g/mol. The standard InChI is InChI=1S/C26H30N4O3S/c1-5-27-23-12-7-6-11-22(23)24(31)28-20-9-8-10-21(17-20)34(33)30-19-15-13-18(14-16-19)29-25(32)26(2,3)4/h6-17,27,30H,5H2,1-4H3,(H,28,31)(H,29,32). The molecule has 2 amide bonds. The fourth-order valence-electron chi connectivity index (χ4n) is 3.02. The van der Waals surface area contributed by atoms with E-state index < -0.39 is 16.4 Å². The summed E-state index contributed by atoms with van der Waals surface area (Å²) in [5.41, 5.74) is 2.65. The third-order valence-electron chi connectivity index (χ3n) is 4.88. The highest BCUT2D eigenvalue weighted by Gasteiger charge is 2.21. The van der Waals surface area contributed by atoms with Crippen LogP contribution >= 0.6 is 0 Å². The molecule has 0 saturated carbocycles. The molecule has 0 fully saturated rings. The highest BCUT2D eigenvalue weighted by Crippen LogP contribution is 2.22. The van der Waals surface area contributed by atoms with E-state index in [0.29, 0.717) is 34.1 Å². The van der Waals surface area contributed by atoms with Gasteiger partial charge >= 0.3 is 0 Å². The van der Waals surface area contributed by atoms with Gasteiger partial charge in [0.25, 0.3) is 5.91 Å². The number of carbonyl (C=O) groups excluding carboxylic acids is 2. The van der Waals surface area contributed by atoms with Crippen molar-refractivity contribution in [3.63, 3.8) is 0 Å². The number of carbonyl (C=O) groups is 2. The lowest BCUT2D eigenvalue weighted by Gasteiger charge is -2.17. The summed E-state index contributed by atoms with van der Waals surface area (Å²) in [5.74, 6) is -0.330. The minimum Gasteiger partial charge on any atom is -0.385 e. The topological polar surface area (TPSA) is 99.3 Å². The molecule has 3 aromatic rings. The Kier molecular flexibility index (Phi) is 8.07. The molecule has 8 heteroatoms. The van der Waals surface area contributed by atoms with E-state index in [4.69, 9.17) is 0 Å². The molecule has 0 saturated heterocycles. The number of amides is 2. The second-order valence-corrected chi connectivity index (χ2v) is 9.92. The summed E-state index contributed by atoms with van der Waals surface area (Å²) >= 11 is 0. The Morgan fingerprint density at radius 2 is 1.50 bits per heavy atom. The van der Waals surface area contributed by atoms with Gasteiger partial charge in [0.15, 0.2) is 0 Å². The smallest absolute Gasteiger partial charge is 0.257 e. The van der Waals surface area contributed by atoms with Gasteiger partial charge in [-0.2, -0.15) is 0 Å². The van der Waals surface area contributed by atoms with E-state index in [1.54, 1.807) is 54.6 Å². The number of para-hydroxylation sites is 1. The molecule has 0 radical (unpaired) electrons. The first-order chi connectivity index (χ1) is 16.2. The third kappa shape index (κ3) is 6.68. The zero-order valence-electron chi connectivity index (χ0n) is 19.8. The van der Waals surface area contributed by atoms with Crippen molar-refractivity contribution in [2.75, 3.05) is 27.2 Å². The predicted molar refractivity (Wildman–Crippen MR) is 140 cm³/mol. The van der Waals surface area contributed by atoms with Gasteiger partial charge in [-0.25, -0.2) is 4.21 Å². The van der Waals surface area contributed by atoms with Crippen LogP contribution in [0.5, 0.6) is 0 Å². The van der Waals surface area contributed by atoms with Crippen molar-refractivity contribution in [3.05, 3.63) is 78.4 Å². The maximum atomic E-state index is 12.9. The molecule has 0 aliphatic rings. The van der Waals surface area contributed by atoms with E-state index in [9.17, 15) is 13.8 Å². The highest BCUT2D eigenvalue weighted by atomic mass is 32.2. The number of hydrogen-bond acceptors (Lipinski definition) is 4. The van der Waals surface area contributed by atoms with Gasteiger partial charge in [0.1, 0.15) is 11.0 Å². The second kappa shape index (κ2) is 11.0. The Hall–Kier alpha value is -3.65. The normalized spacial score (nSPS) is 11.9. The molecule has 0 heterocycles. The van der Waals surface area contributed by atoms with Crippen LogP contribution < -0.4 is 20.7 Å². The fraction of sp³-hybridized carbons (Fsp3) is 0.231. The molecule has 0 aliphatic carbocycles. The number of benzene rings is 3. The zero-order chi connectivity index (χ0) is 24.7. The largest absolute Gasteiger partial charge is 0.385 e. The van der Waals surface area contributed by atoms with Gasteiger partial charge in [0.05, 0.1) is 10.5 Å². The first-order valence-electron chi connectivity index (χ1n) is 11.0. The maximum absolute atomic E-state index is 12.9. The number of rotatable bonds is 8. The monoisotopic (exact) mass is 478 g/mol. The van der Waals surface area contributed by atoms with Crippen LogP contribution in [0, 0.1) is 5.41 Å². The molecule has 4 N–H and O–H groups in total. The Morgan fingerprint density at radius 3 is 2.18 bits per heavy atom. The molecular formula is C26H30N4O3S. The summed E-state index contributed by atoms with van der Waals surface area (Å²) in [6, 6.07) is 21.2. The molecule has 1 unspecified atom stereocenters. The average Bonchev–Trinajstić information content (AvgIpc) is 2.80. The van der Waals surface area contributed by atoms with E-state index in [1.165, 1.54) is 0 Å². The summed E-state index contributed by atoms with van der Waals surface area (Å²) < 4.78 is 15.8. The Morgan fingerprint density at radius 1 is 0.824 bits per heavy atom. The molecule has 0 aliphatic heterocycles. The molecule has 1 atom stereocenters. The van der Waals surface area contributed by atoms with Crippen LogP contribution in [-0.4, -0.2) is 22.6 Å². The lowest BCUT2D eigenvalue weighted by Crippen LogP contribution is -2.27. The number of hydrogen-bond donors (Lipinski definition) is 4. The van der Waals surface area contributed by atoms with Crippen molar-refractivity contribution in [2.24, 2.45) is 5.41 Å². The van der Waals surface area contributed by atoms with Crippen LogP contribution in [-0.2, 0) is 15.8 Å². The van der Waals surface area contributed by atoms with Crippen molar-refractivity contribution < 1.29 is 13.8 Å². The van der Waals surface area contributed by atoms with Gasteiger partial charge in [-0.3, -0.25) is 9.59 Å². The minimum absolute atomic E-state index is 0.0799. The second-order valence-electron chi connectivity index (χ2n) is 8.71. The summed E-state index contributed by atoms with van der Waals surface area (Å²) in [6.45, 7) is 8.21. The predicted octanol–water partition coefficient (Wildman–Crippen LogP) is 5.49. The van der Waals surface area contributed by atoms with Gasteiger partial charge in [0, 0.05) is 34.7 Å². The Labute approximate surface area is 202 Å². The van der Waals surface area contributed by atoms with Crippen molar-refractivity contribution >= 4 is 45.5 Å². The van der Waals surface area contributed by atoms with Crippen LogP contribution in [0.2, 0.25) is 0 Å². The molecule has 34 heavy (non-hydrogen) atoms. The van der Waals surface area contributed by atoms with Gasteiger partial charge < -0.3 is 20.7 Å². The molecule has 0 spiro atoms. The number of nitrogens with one attached hydrogen (secondary N) is 4. The zero-order valence-corrected chi connectivity index (χ0v) is 20.6. The summed E-state index contributed by atoms with van der Waals surface area (Å²) in [6.07, 6.45) is 0. The van der Waals surface area contributed by atoms with Crippen molar-refractivity contribution in [1.29, 1.82) is 0 Å². The van der Waals surface area contributed by atoms with Gasteiger partial charge in [0.2, 0.25) is 5.91 Å². The fourth-order valence-corrected chi connectivity index (χ4v) is 3.92. The quantitative estimate of drug-likeness (QED) is 0.344. The molecule has 3 rings (SSSR count). The Bertz CT molecular complexity index is 1190. The molecule has 7 nitrogen and oxygen atoms in total. The summed E-state index contributed by atoms with van der Waals surface area (Å²) in [4.78, 5) is 25.4. The van der Waals surface area contributed by atoms with Gasteiger partial charge in [-0.1, -0.05) is 39.0 Å².